The van der Waals surface area contributed by atoms with E-state index in [2.05, 4.69) is 6.92 Å². The van der Waals surface area contributed by atoms with E-state index in [0.29, 0.717) is 5.78 Å². The van der Waals surface area contributed by atoms with Crippen LogP contribution in [0, 0.1) is 12.8 Å². The molecule has 76 valence electrons. The Hall–Kier alpha value is -1.05. The lowest BCUT2D eigenvalue weighted by Crippen LogP contribution is -2.13. The summed E-state index contributed by atoms with van der Waals surface area (Å²) in [6.45, 7) is 4.03. The monoisotopic (exact) mass is 192 g/mol. The number of carbonyl (C=O) groups is 1. The highest BCUT2D eigenvalue weighted by Crippen LogP contribution is 2.35. The van der Waals surface area contributed by atoms with Crippen molar-refractivity contribution in [1.29, 1.82) is 0 Å². The molecule has 0 radical (unpaired) electrons. The second-order valence-corrected chi connectivity index (χ2v) is 4.20. The normalized spacial score (nSPS) is 24.1. The molecule has 1 aliphatic rings. The number of rotatable bonds is 2. The van der Waals surface area contributed by atoms with E-state index in [9.17, 15) is 4.79 Å². The van der Waals surface area contributed by atoms with E-state index in [-0.39, 0.29) is 11.8 Å². The van der Waals surface area contributed by atoms with Crippen molar-refractivity contribution < 1.29 is 9.21 Å². The number of hydrogen-bond donors (Lipinski definition) is 0. The van der Waals surface area contributed by atoms with Crippen molar-refractivity contribution in [3.05, 3.63) is 23.7 Å². The fourth-order valence-electron chi connectivity index (χ4n) is 2.27. The highest BCUT2D eigenvalue weighted by molar-refractivity contribution is 5.83. The maximum Gasteiger partial charge on any atom is 0.136 e. The number of carbonyl (C=O) groups excluding carboxylic acids is 1. The summed E-state index contributed by atoms with van der Waals surface area (Å²) in [5.41, 5.74) is 0. The first-order chi connectivity index (χ1) is 6.68. The summed E-state index contributed by atoms with van der Waals surface area (Å²) < 4.78 is 5.55. The Morgan fingerprint density at radius 3 is 2.79 bits per heavy atom. The van der Waals surface area contributed by atoms with E-state index >= 15 is 0 Å². The van der Waals surface area contributed by atoms with Crippen LogP contribution in [0.4, 0.5) is 0 Å². The van der Waals surface area contributed by atoms with E-state index in [1.165, 1.54) is 0 Å². The Bertz CT molecular complexity index is 338. The van der Waals surface area contributed by atoms with E-state index in [4.69, 9.17) is 4.42 Å². The molecule has 1 aromatic rings. The minimum atomic E-state index is 0.195. The van der Waals surface area contributed by atoms with Gasteiger partial charge in [0.15, 0.2) is 0 Å². The summed E-state index contributed by atoms with van der Waals surface area (Å²) in [6, 6.07) is 3.96. The molecule has 2 heteroatoms. The van der Waals surface area contributed by atoms with Crippen LogP contribution in [-0.2, 0) is 4.79 Å². The van der Waals surface area contributed by atoms with Gasteiger partial charge in [0.25, 0.3) is 0 Å². The Balaban J connectivity index is 2.15. The average molecular weight is 192 g/mol. The Labute approximate surface area is 84.3 Å². The Morgan fingerprint density at radius 2 is 2.29 bits per heavy atom. The molecule has 0 bridgehead atoms. The summed E-state index contributed by atoms with van der Waals surface area (Å²) in [5, 5.41) is 0. The van der Waals surface area contributed by atoms with Gasteiger partial charge in [0.1, 0.15) is 17.3 Å². The highest BCUT2D eigenvalue weighted by atomic mass is 16.3. The van der Waals surface area contributed by atoms with Gasteiger partial charge in [-0.3, -0.25) is 4.79 Å². The molecule has 2 rings (SSSR count). The maximum atomic E-state index is 11.6. The topological polar surface area (TPSA) is 30.2 Å². The Morgan fingerprint density at radius 1 is 1.50 bits per heavy atom. The zero-order chi connectivity index (χ0) is 10.1. The number of hydrogen-bond acceptors (Lipinski definition) is 2. The van der Waals surface area contributed by atoms with E-state index in [1.54, 1.807) is 0 Å². The van der Waals surface area contributed by atoms with Crippen molar-refractivity contribution in [2.24, 2.45) is 5.92 Å². The lowest BCUT2D eigenvalue weighted by molar-refractivity contribution is -0.121. The van der Waals surface area contributed by atoms with Crippen LogP contribution < -0.4 is 0 Å². The minimum Gasteiger partial charge on any atom is -0.466 e. The third-order valence-electron chi connectivity index (χ3n) is 3.17. The molecule has 0 saturated heterocycles. The first-order valence-electron chi connectivity index (χ1n) is 5.27. The van der Waals surface area contributed by atoms with Gasteiger partial charge in [-0.1, -0.05) is 6.92 Å². The summed E-state index contributed by atoms with van der Waals surface area (Å²) >= 11 is 0. The number of furan rings is 1. The second kappa shape index (κ2) is 3.60. The zero-order valence-corrected chi connectivity index (χ0v) is 8.75. The van der Waals surface area contributed by atoms with Gasteiger partial charge >= 0.3 is 0 Å². The molecule has 0 aromatic carbocycles. The van der Waals surface area contributed by atoms with Crippen molar-refractivity contribution in [3.63, 3.8) is 0 Å². The second-order valence-electron chi connectivity index (χ2n) is 4.20. The van der Waals surface area contributed by atoms with Gasteiger partial charge in [0.05, 0.1) is 0 Å². The molecule has 0 aliphatic heterocycles. The van der Waals surface area contributed by atoms with E-state index in [1.807, 2.05) is 19.1 Å². The first-order valence-corrected chi connectivity index (χ1v) is 5.27. The standard InChI is InChI=1S/C12H16O2/c1-8-6-7-12(14-8)9(2)10-4-3-5-11(10)13/h6-7,9-10H,3-5H2,1-2H3. The van der Waals surface area contributed by atoms with E-state index in [0.717, 1.165) is 30.8 Å². The van der Waals surface area contributed by atoms with Crippen molar-refractivity contribution >= 4 is 5.78 Å². The summed E-state index contributed by atoms with van der Waals surface area (Å²) in [5.74, 6) is 2.74. The molecule has 2 unspecified atom stereocenters. The summed E-state index contributed by atoms with van der Waals surface area (Å²) in [6.07, 6.45) is 2.84. The molecule has 14 heavy (non-hydrogen) atoms. The predicted octanol–water partition coefficient (Wildman–Crippen LogP) is 3.06. The zero-order valence-electron chi connectivity index (χ0n) is 8.75. The van der Waals surface area contributed by atoms with Crippen LogP contribution in [0.2, 0.25) is 0 Å². The quantitative estimate of drug-likeness (QED) is 0.720. The van der Waals surface area contributed by atoms with Crippen molar-refractivity contribution in [2.45, 2.75) is 39.0 Å². The molecule has 1 aromatic heterocycles. The van der Waals surface area contributed by atoms with Crippen LogP contribution >= 0.6 is 0 Å². The molecular weight excluding hydrogens is 176 g/mol. The third kappa shape index (κ3) is 1.61. The summed E-state index contributed by atoms with van der Waals surface area (Å²) in [4.78, 5) is 11.6. The smallest absolute Gasteiger partial charge is 0.136 e. The summed E-state index contributed by atoms with van der Waals surface area (Å²) in [7, 11) is 0. The van der Waals surface area contributed by atoms with Crippen molar-refractivity contribution in [2.75, 3.05) is 0 Å². The Kier molecular flexibility index (Phi) is 2.44. The van der Waals surface area contributed by atoms with Crippen LogP contribution in [-0.4, -0.2) is 5.78 Å². The lowest BCUT2D eigenvalue weighted by atomic mass is 9.90. The van der Waals surface area contributed by atoms with Gasteiger partial charge in [-0.25, -0.2) is 0 Å². The SMILES string of the molecule is Cc1ccc(C(C)C2CCCC2=O)o1. The van der Waals surface area contributed by atoms with Crippen LogP contribution in [0.1, 0.15) is 43.6 Å². The van der Waals surface area contributed by atoms with Crippen LogP contribution in [0.15, 0.2) is 16.5 Å². The van der Waals surface area contributed by atoms with Gasteiger partial charge in [0.2, 0.25) is 0 Å². The van der Waals surface area contributed by atoms with Crippen LogP contribution in [0.3, 0.4) is 0 Å². The minimum absolute atomic E-state index is 0.195. The average Bonchev–Trinajstić information content (AvgIpc) is 2.73. The molecule has 2 nitrogen and oxygen atoms in total. The molecule has 1 heterocycles. The molecule has 0 N–H and O–H groups in total. The lowest BCUT2D eigenvalue weighted by Gasteiger charge is -2.14. The number of Topliss-reactive ketones (excluding diaryl/α,β-unsaturated/α-hetero) is 1. The van der Waals surface area contributed by atoms with Gasteiger partial charge in [-0.15, -0.1) is 0 Å². The number of ketones is 1. The van der Waals surface area contributed by atoms with Gasteiger partial charge in [-0.05, 0) is 31.9 Å². The predicted molar refractivity (Wildman–Crippen MR) is 54.2 cm³/mol. The number of aryl methyl sites for hydroxylation is 1. The fourth-order valence-corrected chi connectivity index (χ4v) is 2.27. The molecule has 1 aliphatic carbocycles. The van der Waals surface area contributed by atoms with Crippen molar-refractivity contribution in [1.82, 2.24) is 0 Å². The highest BCUT2D eigenvalue weighted by Gasteiger charge is 2.31. The van der Waals surface area contributed by atoms with E-state index < -0.39 is 0 Å². The van der Waals surface area contributed by atoms with Gasteiger partial charge in [-0.2, -0.15) is 0 Å². The molecule has 2 atom stereocenters. The van der Waals surface area contributed by atoms with Crippen LogP contribution in [0.25, 0.3) is 0 Å². The maximum absolute atomic E-state index is 11.6. The van der Waals surface area contributed by atoms with Gasteiger partial charge < -0.3 is 4.42 Å². The first kappa shape index (κ1) is 9.50. The largest absolute Gasteiger partial charge is 0.466 e. The third-order valence-corrected chi connectivity index (χ3v) is 3.17. The fraction of sp³-hybridized carbons (Fsp3) is 0.583. The molecule has 0 spiro atoms. The molecule has 1 fully saturated rings. The van der Waals surface area contributed by atoms with Crippen molar-refractivity contribution in [3.8, 4) is 0 Å². The molecule has 0 amide bonds. The molecular formula is C12H16O2. The van der Waals surface area contributed by atoms with Crippen LogP contribution in [0.5, 0.6) is 0 Å². The molecule has 1 saturated carbocycles. The van der Waals surface area contributed by atoms with Gasteiger partial charge in [0, 0.05) is 18.3 Å².